The van der Waals surface area contributed by atoms with E-state index in [2.05, 4.69) is 24.1 Å². The van der Waals surface area contributed by atoms with Crippen molar-refractivity contribution in [3.63, 3.8) is 0 Å². The van der Waals surface area contributed by atoms with Gasteiger partial charge in [0.1, 0.15) is 0 Å². The van der Waals surface area contributed by atoms with Crippen LogP contribution in [0.4, 0.5) is 0 Å². The quantitative estimate of drug-likeness (QED) is 0.688. The lowest BCUT2D eigenvalue weighted by atomic mass is 10.1. The number of rotatable bonds is 7. The third-order valence-corrected chi connectivity index (χ3v) is 4.00. The fourth-order valence-corrected chi connectivity index (χ4v) is 2.69. The van der Waals surface area contributed by atoms with E-state index < -0.39 is 0 Å². The second kappa shape index (κ2) is 6.72. The summed E-state index contributed by atoms with van der Waals surface area (Å²) in [6.07, 6.45) is 5.20. The average Bonchev–Trinajstić information content (AvgIpc) is 3.15. The smallest absolute Gasteiger partial charge is 0.0478 e. The Morgan fingerprint density at radius 3 is 2.82 bits per heavy atom. The largest absolute Gasteiger partial charge is 0.381 e. The van der Waals surface area contributed by atoms with Crippen LogP contribution in [0, 0.1) is 5.92 Å². The van der Waals surface area contributed by atoms with Gasteiger partial charge >= 0.3 is 0 Å². The maximum absolute atomic E-state index is 5.55. The van der Waals surface area contributed by atoms with E-state index in [-0.39, 0.29) is 0 Å². The molecule has 0 radical (unpaired) electrons. The zero-order chi connectivity index (χ0) is 12.1. The summed E-state index contributed by atoms with van der Waals surface area (Å²) in [5.74, 6) is 0.973. The number of nitrogens with one attached hydrogen (secondary N) is 1. The molecule has 1 heterocycles. The van der Waals surface area contributed by atoms with Crippen molar-refractivity contribution in [2.45, 2.75) is 51.6 Å². The zero-order valence-electron chi connectivity index (χ0n) is 11.5. The van der Waals surface area contributed by atoms with Crippen LogP contribution in [0.1, 0.15) is 39.5 Å². The Labute approximate surface area is 106 Å². The first-order valence-electron chi connectivity index (χ1n) is 7.36. The van der Waals surface area contributed by atoms with E-state index in [0.29, 0.717) is 6.04 Å². The summed E-state index contributed by atoms with van der Waals surface area (Å²) in [6.45, 7) is 9.97. The highest BCUT2D eigenvalue weighted by atomic mass is 16.5. The van der Waals surface area contributed by atoms with E-state index in [9.17, 15) is 0 Å². The van der Waals surface area contributed by atoms with Crippen LogP contribution in [-0.2, 0) is 4.74 Å². The maximum Gasteiger partial charge on any atom is 0.0478 e. The van der Waals surface area contributed by atoms with Gasteiger partial charge in [0, 0.05) is 44.9 Å². The molecule has 2 aliphatic rings. The maximum atomic E-state index is 5.55. The molecule has 17 heavy (non-hydrogen) atoms. The summed E-state index contributed by atoms with van der Waals surface area (Å²) in [5, 5.41) is 3.70. The summed E-state index contributed by atoms with van der Waals surface area (Å²) >= 11 is 0. The lowest BCUT2D eigenvalue weighted by Crippen LogP contribution is -2.56. The van der Waals surface area contributed by atoms with Crippen molar-refractivity contribution in [3.8, 4) is 0 Å². The molecule has 1 saturated heterocycles. The van der Waals surface area contributed by atoms with Crippen molar-refractivity contribution in [1.29, 1.82) is 0 Å². The van der Waals surface area contributed by atoms with Crippen molar-refractivity contribution >= 4 is 0 Å². The van der Waals surface area contributed by atoms with Gasteiger partial charge in [0.05, 0.1) is 0 Å². The van der Waals surface area contributed by atoms with Crippen LogP contribution in [0.25, 0.3) is 0 Å². The van der Waals surface area contributed by atoms with E-state index >= 15 is 0 Å². The van der Waals surface area contributed by atoms with Gasteiger partial charge in [0.2, 0.25) is 0 Å². The van der Waals surface area contributed by atoms with Crippen LogP contribution in [0.15, 0.2) is 0 Å². The number of hydrogen-bond acceptors (Lipinski definition) is 3. The molecule has 0 amide bonds. The normalized spacial score (nSPS) is 30.7. The molecule has 1 aliphatic heterocycles. The van der Waals surface area contributed by atoms with Crippen LogP contribution >= 0.6 is 0 Å². The van der Waals surface area contributed by atoms with Gasteiger partial charge in [0.25, 0.3) is 0 Å². The van der Waals surface area contributed by atoms with Crippen LogP contribution in [0.5, 0.6) is 0 Å². The molecule has 1 saturated carbocycles. The van der Waals surface area contributed by atoms with Crippen LogP contribution in [-0.4, -0.2) is 49.8 Å². The Kier molecular flexibility index (Phi) is 5.26. The Bertz CT molecular complexity index is 218. The van der Waals surface area contributed by atoms with Crippen LogP contribution in [0.3, 0.4) is 0 Å². The standard InChI is InChI=1S/C14H28N2O/c1-3-8-17-9-4-7-16-11-14(13-5-6-13)15-10-12(16)2/h12-15H,3-11H2,1-2H3. The molecule has 2 fully saturated rings. The lowest BCUT2D eigenvalue weighted by Gasteiger charge is -2.39. The molecule has 0 bridgehead atoms. The molecule has 0 aromatic rings. The Hall–Kier alpha value is -0.120. The van der Waals surface area contributed by atoms with E-state index in [1.165, 1.54) is 32.4 Å². The molecule has 3 heteroatoms. The van der Waals surface area contributed by atoms with Crippen molar-refractivity contribution < 1.29 is 4.74 Å². The van der Waals surface area contributed by atoms with Gasteiger partial charge in [-0.25, -0.2) is 0 Å². The van der Waals surface area contributed by atoms with E-state index in [1.807, 2.05) is 0 Å². The first kappa shape index (κ1) is 13.3. The Morgan fingerprint density at radius 1 is 1.29 bits per heavy atom. The fraction of sp³-hybridized carbons (Fsp3) is 1.00. The molecule has 3 nitrogen and oxygen atoms in total. The highest BCUT2D eigenvalue weighted by molar-refractivity contribution is 4.93. The lowest BCUT2D eigenvalue weighted by molar-refractivity contribution is 0.0943. The van der Waals surface area contributed by atoms with Gasteiger partial charge in [-0.15, -0.1) is 0 Å². The van der Waals surface area contributed by atoms with Gasteiger partial charge in [0.15, 0.2) is 0 Å². The predicted octanol–water partition coefficient (Wildman–Crippen LogP) is 1.88. The van der Waals surface area contributed by atoms with E-state index in [1.54, 1.807) is 0 Å². The number of nitrogens with zero attached hydrogens (tertiary/aromatic N) is 1. The van der Waals surface area contributed by atoms with Crippen molar-refractivity contribution in [2.24, 2.45) is 5.92 Å². The highest BCUT2D eigenvalue weighted by Crippen LogP contribution is 2.34. The summed E-state index contributed by atoms with van der Waals surface area (Å²) in [7, 11) is 0. The minimum atomic E-state index is 0.691. The minimum absolute atomic E-state index is 0.691. The molecule has 2 rings (SSSR count). The third-order valence-electron chi connectivity index (χ3n) is 4.00. The zero-order valence-corrected chi connectivity index (χ0v) is 11.5. The predicted molar refractivity (Wildman–Crippen MR) is 71.3 cm³/mol. The van der Waals surface area contributed by atoms with Crippen molar-refractivity contribution in [2.75, 3.05) is 32.8 Å². The molecule has 1 N–H and O–H groups in total. The first-order chi connectivity index (χ1) is 8.31. The summed E-state index contributed by atoms with van der Waals surface area (Å²) in [5.41, 5.74) is 0. The molecule has 2 atom stereocenters. The van der Waals surface area contributed by atoms with Gasteiger partial charge in [-0.3, -0.25) is 4.90 Å². The Balaban J connectivity index is 1.63. The van der Waals surface area contributed by atoms with Crippen LogP contribution < -0.4 is 5.32 Å². The van der Waals surface area contributed by atoms with Crippen molar-refractivity contribution in [1.82, 2.24) is 10.2 Å². The molecule has 0 spiro atoms. The highest BCUT2D eigenvalue weighted by Gasteiger charge is 2.35. The molecular weight excluding hydrogens is 212 g/mol. The minimum Gasteiger partial charge on any atom is -0.381 e. The van der Waals surface area contributed by atoms with E-state index in [4.69, 9.17) is 4.74 Å². The number of ether oxygens (including phenoxy) is 1. The van der Waals surface area contributed by atoms with Gasteiger partial charge in [-0.2, -0.15) is 0 Å². The third kappa shape index (κ3) is 4.23. The summed E-state index contributed by atoms with van der Waals surface area (Å²) in [6, 6.07) is 1.46. The topological polar surface area (TPSA) is 24.5 Å². The fourth-order valence-electron chi connectivity index (χ4n) is 2.69. The SMILES string of the molecule is CCCOCCCN1CC(C2CC2)NCC1C. The van der Waals surface area contributed by atoms with Gasteiger partial charge in [-0.1, -0.05) is 6.92 Å². The van der Waals surface area contributed by atoms with Gasteiger partial charge < -0.3 is 10.1 Å². The van der Waals surface area contributed by atoms with E-state index in [0.717, 1.165) is 38.1 Å². The Morgan fingerprint density at radius 2 is 2.12 bits per heavy atom. The average molecular weight is 240 g/mol. The monoisotopic (exact) mass is 240 g/mol. The second-order valence-electron chi connectivity index (χ2n) is 5.66. The summed E-state index contributed by atoms with van der Waals surface area (Å²) < 4.78 is 5.55. The second-order valence-corrected chi connectivity index (χ2v) is 5.66. The molecule has 2 unspecified atom stereocenters. The van der Waals surface area contributed by atoms with Gasteiger partial charge in [-0.05, 0) is 38.5 Å². The van der Waals surface area contributed by atoms with Crippen molar-refractivity contribution in [3.05, 3.63) is 0 Å². The number of hydrogen-bond donors (Lipinski definition) is 1. The molecule has 0 aromatic carbocycles. The molecular formula is C14H28N2O. The molecule has 100 valence electrons. The molecule has 0 aromatic heterocycles. The van der Waals surface area contributed by atoms with Crippen LogP contribution in [0.2, 0.25) is 0 Å². The first-order valence-corrected chi connectivity index (χ1v) is 7.36. The number of piperazine rings is 1. The molecule has 1 aliphatic carbocycles. The summed E-state index contributed by atoms with van der Waals surface area (Å²) in [4.78, 5) is 2.65.